The zero-order valence-electron chi connectivity index (χ0n) is 16.4. The minimum Gasteiger partial charge on any atom is -0.492 e. The third-order valence-electron chi connectivity index (χ3n) is 5.52. The van der Waals surface area contributed by atoms with Gasteiger partial charge in [0, 0.05) is 41.2 Å². The Labute approximate surface area is 170 Å². The fourth-order valence-electron chi connectivity index (χ4n) is 4.14. The number of ether oxygens (including phenoxy) is 1. The summed E-state index contributed by atoms with van der Waals surface area (Å²) in [6.45, 7) is 4.67. The van der Waals surface area contributed by atoms with E-state index in [9.17, 15) is 8.42 Å². The molecular weight excluding hydrogens is 388 g/mol. The smallest absolute Gasteiger partial charge is 0.274 e. The third-order valence-corrected chi connectivity index (χ3v) is 6.12. The van der Waals surface area contributed by atoms with Crippen LogP contribution in [-0.4, -0.2) is 32.8 Å². The van der Waals surface area contributed by atoms with Crippen molar-refractivity contribution in [2.24, 2.45) is 5.14 Å². The topological polar surface area (TPSA) is 121 Å². The highest BCUT2D eigenvalue weighted by Gasteiger charge is 2.35. The maximum absolute atomic E-state index is 10.9. The molecule has 2 aromatic carbocycles. The van der Waals surface area contributed by atoms with E-state index in [0.717, 1.165) is 17.5 Å². The molecule has 152 valence electrons. The van der Waals surface area contributed by atoms with Crippen LogP contribution >= 0.6 is 0 Å². The molecule has 1 aliphatic rings. The molecule has 0 saturated heterocycles. The van der Waals surface area contributed by atoms with Gasteiger partial charge in [0.15, 0.2) is 0 Å². The summed E-state index contributed by atoms with van der Waals surface area (Å²) in [5.74, 6) is 0.693. The quantitative estimate of drug-likeness (QED) is 0.368. The largest absolute Gasteiger partial charge is 0.492 e. The molecule has 1 aliphatic carbocycles. The Hall–Kier alpha value is -2.68. The van der Waals surface area contributed by atoms with Gasteiger partial charge in [-0.15, -0.1) is 0 Å². The van der Waals surface area contributed by atoms with Crippen molar-refractivity contribution in [1.82, 2.24) is 9.71 Å². The Bertz CT molecular complexity index is 1210. The number of hydrogen-bond donors (Lipinski definition) is 4. The van der Waals surface area contributed by atoms with Gasteiger partial charge in [0.1, 0.15) is 12.4 Å². The van der Waals surface area contributed by atoms with E-state index < -0.39 is 10.2 Å². The number of nitrogens with one attached hydrogen (secondary N) is 3. The van der Waals surface area contributed by atoms with Crippen LogP contribution in [0.2, 0.25) is 0 Å². The van der Waals surface area contributed by atoms with Crippen LogP contribution in [0.3, 0.4) is 0 Å². The molecule has 0 bridgehead atoms. The van der Waals surface area contributed by atoms with Crippen molar-refractivity contribution in [2.75, 3.05) is 13.2 Å². The molecule has 7 nitrogen and oxygen atoms in total. The van der Waals surface area contributed by atoms with E-state index in [1.54, 1.807) is 0 Å². The Balaban J connectivity index is 1.65. The molecule has 8 heteroatoms. The average molecular weight is 413 g/mol. The molecule has 1 heterocycles. The summed E-state index contributed by atoms with van der Waals surface area (Å²) < 4.78 is 29.8. The number of aromatic nitrogens is 1. The lowest BCUT2D eigenvalue weighted by Gasteiger charge is -2.33. The number of benzene rings is 2. The van der Waals surface area contributed by atoms with Crippen molar-refractivity contribution in [3.8, 4) is 5.75 Å². The van der Waals surface area contributed by atoms with E-state index in [2.05, 4.69) is 35.7 Å². The normalized spacial score (nSPS) is 15.0. The van der Waals surface area contributed by atoms with Gasteiger partial charge in [0.2, 0.25) is 0 Å². The summed E-state index contributed by atoms with van der Waals surface area (Å²) in [4.78, 5) is 3.58. The van der Waals surface area contributed by atoms with Crippen LogP contribution in [-0.2, 0) is 22.0 Å². The molecule has 3 aromatic rings. The van der Waals surface area contributed by atoms with E-state index in [0.29, 0.717) is 5.75 Å². The summed E-state index contributed by atoms with van der Waals surface area (Å²) in [5.41, 5.74) is 6.56. The van der Waals surface area contributed by atoms with Crippen molar-refractivity contribution in [3.05, 3.63) is 64.3 Å². The van der Waals surface area contributed by atoms with Gasteiger partial charge in [0.25, 0.3) is 10.2 Å². The van der Waals surface area contributed by atoms with Gasteiger partial charge >= 0.3 is 0 Å². The first kappa shape index (κ1) is 19.6. The molecule has 0 saturated carbocycles. The number of H-pyrrole nitrogens is 1. The van der Waals surface area contributed by atoms with Crippen LogP contribution in [0.15, 0.2) is 36.4 Å². The van der Waals surface area contributed by atoms with Crippen LogP contribution < -0.4 is 14.6 Å². The predicted molar refractivity (Wildman–Crippen MR) is 114 cm³/mol. The lowest BCUT2D eigenvalue weighted by molar-refractivity contribution is 0.322. The minimum absolute atomic E-state index is 0.112. The van der Waals surface area contributed by atoms with Gasteiger partial charge in [0.05, 0.1) is 0 Å². The van der Waals surface area contributed by atoms with Crippen LogP contribution in [0.4, 0.5) is 0 Å². The highest BCUT2D eigenvalue weighted by molar-refractivity contribution is 7.87. The van der Waals surface area contributed by atoms with Gasteiger partial charge < -0.3 is 15.1 Å². The van der Waals surface area contributed by atoms with Gasteiger partial charge in [-0.3, -0.25) is 0 Å². The Morgan fingerprint density at radius 3 is 2.79 bits per heavy atom. The summed E-state index contributed by atoms with van der Waals surface area (Å²) in [6.07, 6.45) is 2.18. The van der Waals surface area contributed by atoms with Gasteiger partial charge in [-0.2, -0.15) is 13.1 Å². The zero-order valence-corrected chi connectivity index (χ0v) is 17.2. The zero-order chi connectivity index (χ0) is 20.8. The first-order chi connectivity index (χ1) is 13.7. The maximum Gasteiger partial charge on any atom is 0.274 e. The molecule has 0 fully saturated rings. The second-order valence-corrected chi connectivity index (χ2v) is 9.22. The molecule has 0 radical (unpaired) electrons. The van der Waals surface area contributed by atoms with E-state index in [1.165, 1.54) is 34.0 Å². The summed E-state index contributed by atoms with van der Waals surface area (Å²) in [5, 5.41) is 13.6. The SMILES string of the molecule is CC1(C)c2cc(OCCNS(N)(=O)=O)ccc2Cc2c1[nH]c1cc(C=N)ccc21. The number of rotatable bonds is 6. The van der Waals surface area contributed by atoms with Gasteiger partial charge in [-0.05, 0) is 40.5 Å². The van der Waals surface area contributed by atoms with E-state index in [1.807, 2.05) is 24.3 Å². The molecular formula is C21H24N4O3S. The lowest BCUT2D eigenvalue weighted by Crippen LogP contribution is -2.33. The van der Waals surface area contributed by atoms with Crippen molar-refractivity contribution >= 4 is 27.3 Å². The predicted octanol–water partition coefficient (Wildman–Crippen LogP) is 2.57. The molecule has 4 rings (SSSR count). The highest BCUT2D eigenvalue weighted by Crippen LogP contribution is 2.44. The molecule has 1 aromatic heterocycles. The number of nitrogens with two attached hydrogens (primary N) is 1. The van der Waals surface area contributed by atoms with Crippen LogP contribution in [0.5, 0.6) is 5.75 Å². The fourth-order valence-corrected chi connectivity index (χ4v) is 4.51. The van der Waals surface area contributed by atoms with Gasteiger partial charge in [-0.25, -0.2) is 5.14 Å². The molecule has 0 atom stereocenters. The molecule has 0 unspecified atom stereocenters. The van der Waals surface area contributed by atoms with E-state index in [-0.39, 0.29) is 18.6 Å². The average Bonchev–Trinajstić information content (AvgIpc) is 3.04. The highest BCUT2D eigenvalue weighted by atomic mass is 32.2. The second kappa shape index (κ2) is 6.98. The summed E-state index contributed by atoms with van der Waals surface area (Å²) in [6, 6.07) is 12.1. The number of aromatic amines is 1. The Morgan fingerprint density at radius 2 is 2.07 bits per heavy atom. The lowest BCUT2D eigenvalue weighted by atomic mass is 9.72. The first-order valence-electron chi connectivity index (χ1n) is 9.38. The number of hydrogen-bond acceptors (Lipinski definition) is 4. The second-order valence-electron chi connectivity index (χ2n) is 7.84. The van der Waals surface area contributed by atoms with E-state index >= 15 is 0 Å². The molecule has 0 spiro atoms. The van der Waals surface area contributed by atoms with Crippen molar-refractivity contribution in [1.29, 1.82) is 5.41 Å². The monoisotopic (exact) mass is 412 g/mol. The fraction of sp³-hybridized carbons (Fsp3) is 0.286. The first-order valence-corrected chi connectivity index (χ1v) is 10.9. The summed E-state index contributed by atoms with van der Waals surface area (Å²) in [7, 11) is -3.71. The van der Waals surface area contributed by atoms with Crippen molar-refractivity contribution in [3.63, 3.8) is 0 Å². The maximum atomic E-state index is 10.9. The van der Waals surface area contributed by atoms with Gasteiger partial charge in [-0.1, -0.05) is 32.0 Å². The Morgan fingerprint density at radius 1 is 1.28 bits per heavy atom. The van der Waals surface area contributed by atoms with Crippen LogP contribution in [0, 0.1) is 5.41 Å². The number of fused-ring (bicyclic) bond motifs is 4. The van der Waals surface area contributed by atoms with Crippen LogP contribution in [0.1, 0.15) is 41.8 Å². The standard InChI is InChI=1S/C21H24N4O3S/c1-21(2)18-11-15(28-8-7-24-29(23,26)27)5-4-14(18)10-17-16-6-3-13(12-22)9-19(16)25-20(17)21/h3-6,9,11-12,22,24-25H,7-8,10H2,1-2H3,(H2,23,26,27). The van der Waals surface area contributed by atoms with Crippen molar-refractivity contribution in [2.45, 2.75) is 25.7 Å². The molecule has 0 amide bonds. The molecule has 29 heavy (non-hydrogen) atoms. The Kier molecular flexibility index (Phi) is 4.72. The third kappa shape index (κ3) is 3.66. The summed E-state index contributed by atoms with van der Waals surface area (Å²) >= 11 is 0. The van der Waals surface area contributed by atoms with Crippen molar-refractivity contribution < 1.29 is 13.2 Å². The minimum atomic E-state index is -3.71. The molecule has 5 N–H and O–H groups in total. The molecule has 0 aliphatic heterocycles. The van der Waals surface area contributed by atoms with E-state index in [4.69, 9.17) is 15.3 Å². The van der Waals surface area contributed by atoms with Crippen LogP contribution in [0.25, 0.3) is 10.9 Å².